The molecule has 84 valence electrons. The van der Waals surface area contributed by atoms with Crippen LogP contribution in [-0.2, 0) is 5.41 Å². The molecule has 4 heteroatoms. The van der Waals surface area contributed by atoms with Gasteiger partial charge in [0.25, 0.3) is 0 Å². The van der Waals surface area contributed by atoms with Gasteiger partial charge in [-0.15, -0.1) is 0 Å². The van der Waals surface area contributed by atoms with Crippen LogP contribution < -0.4 is 0 Å². The van der Waals surface area contributed by atoms with Crippen LogP contribution in [0.2, 0.25) is 0 Å². The lowest BCUT2D eigenvalue weighted by atomic mass is 10.1. The molecule has 0 saturated heterocycles. The molecule has 0 aliphatic heterocycles. The summed E-state index contributed by atoms with van der Waals surface area (Å²) in [5.41, 5.74) is 2.52. The van der Waals surface area contributed by atoms with Crippen molar-refractivity contribution >= 4 is 0 Å². The van der Waals surface area contributed by atoms with Crippen LogP contribution in [0.25, 0.3) is 11.3 Å². The van der Waals surface area contributed by atoms with Crippen LogP contribution in [-0.4, -0.2) is 15.0 Å². The molecule has 2 heterocycles. The predicted molar refractivity (Wildman–Crippen MR) is 63.1 cm³/mol. The number of nitriles is 1. The zero-order valence-electron chi connectivity index (χ0n) is 9.57. The van der Waals surface area contributed by atoms with E-state index in [4.69, 9.17) is 5.26 Å². The smallest absolute Gasteiger partial charge is 0.127 e. The molecule has 2 aromatic heterocycles. The van der Waals surface area contributed by atoms with Crippen molar-refractivity contribution in [3.8, 4) is 17.3 Å². The Balaban J connectivity index is 2.06. The van der Waals surface area contributed by atoms with Gasteiger partial charge in [-0.1, -0.05) is 0 Å². The molecule has 17 heavy (non-hydrogen) atoms. The van der Waals surface area contributed by atoms with Crippen LogP contribution in [0.3, 0.4) is 0 Å². The molecule has 0 aromatic carbocycles. The summed E-state index contributed by atoms with van der Waals surface area (Å²) in [6.07, 6.45) is 5.34. The molecule has 0 spiro atoms. The minimum absolute atomic E-state index is 0.356. The van der Waals surface area contributed by atoms with Gasteiger partial charge in [0.05, 0.1) is 11.8 Å². The number of hydrogen-bond acceptors (Lipinski definition) is 3. The van der Waals surface area contributed by atoms with Crippen molar-refractivity contribution in [2.45, 2.75) is 25.2 Å². The summed E-state index contributed by atoms with van der Waals surface area (Å²) in [5.74, 6) is 0.802. The number of rotatable bonds is 2. The van der Waals surface area contributed by atoms with Crippen LogP contribution in [0.1, 0.15) is 24.4 Å². The zero-order valence-corrected chi connectivity index (χ0v) is 9.57. The van der Waals surface area contributed by atoms with Crippen LogP contribution in [0.5, 0.6) is 0 Å². The number of nitrogens with one attached hydrogen (secondary N) is 1. The third-order valence-corrected chi connectivity index (χ3v) is 3.24. The number of aryl methyl sites for hydroxylation is 1. The first-order chi connectivity index (χ1) is 8.25. The highest BCUT2D eigenvalue weighted by atomic mass is 15.0. The second-order valence-electron chi connectivity index (χ2n) is 4.49. The third-order valence-electron chi connectivity index (χ3n) is 3.24. The van der Waals surface area contributed by atoms with E-state index in [9.17, 15) is 0 Å². The normalized spacial score (nSPS) is 16.5. The average Bonchev–Trinajstić information content (AvgIpc) is 3.08. The molecule has 0 unspecified atom stereocenters. The van der Waals surface area contributed by atoms with Crippen molar-refractivity contribution < 1.29 is 0 Å². The van der Waals surface area contributed by atoms with Gasteiger partial charge in [0, 0.05) is 23.7 Å². The average molecular weight is 224 g/mol. The molecule has 1 aliphatic rings. The number of pyridine rings is 1. The summed E-state index contributed by atoms with van der Waals surface area (Å²) in [7, 11) is 0. The predicted octanol–water partition coefficient (Wildman–Crippen LogP) is 2.34. The van der Waals surface area contributed by atoms with Gasteiger partial charge in [0.15, 0.2) is 0 Å². The van der Waals surface area contributed by atoms with E-state index in [2.05, 4.69) is 21.0 Å². The topological polar surface area (TPSA) is 65.4 Å². The molecule has 1 aliphatic carbocycles. The van der Waals surface area contributed by atoms with Crippen molar-refractivity contribution in [1.29, 1.82) is 5.26 Å². The maximum Gasteiger partial charge on any atom is 0.127 e. The summed E-state index contributed by atoms with van der Waals surface area (Å²) in [4.78, 5) is 11.9. The molecular formula is C13H12N4. The maximum absolute atomic E-state index is 9.16. The highest BCUT2D eigenvalue weighted by Crippen LogP contribution is 2.46. The second-order valence-corrected chi connectivity index (χ2v) is 4.49. The first-order valence-electron chi connectivity index (χ1n) is 5.64. The van der Waals surface area contributed by atoms with Crippen LogP contribution in [0.15, 0.2) is 24.5 Å². The van der Waals surface area contributed by atoms with Gasteiger partial charge in [-0.2, -0.15) is 5.26 Å². The quantitative estimate of drug-likeness (QED) is 0.851. The molecule has 0 amide bonds. The first-order valence-corrected chi connectivity index (χ1v) is 5.64. The number of aromatic nitrogens is 3. The Kier molecular flexibility index (Phi) is 2.02. The fraction of sp³-hybridized carbons (Fsp3) is 0.308. The standard InChI is InChI=1S/C13H12N4/c1-9-11(10-3-2-6-15-7-10)17-12(16-9)13(8-14)4-5-13/h2-3,6-7H,4-5H2,1H3,(H,16,17). The van der Waals surface area contributed by atoms with E-state index in [0.717, 1.165) is 35.6 Å². The van der Waals surface area contributed by atoms with Gasteiger partial charge in [0.1, 0.15) is 11.2 Å². The lowest BCUT2D eigenvalue weighted by Gasteiger charge is -1.98. The maximum atomic E-state index is 9.16. The zero-order chi connectivity index (χ0) is 11.9. The Morgan fingerprint density at radius 1 is 1.47 bits per heavy atom. The van der Waals surface area contributed by atoms with Gasteiger partial charge in [-0.25, -0.2) is 4.98 Å². The van der Waals surface area contributed by atoms with Gasteiger partial charge in [-0.3, -0.25) is 4.98 Å². The Hall–Kier alpha value is -2.15. The van der Waals surface area contributed by atoms with E-state index in [0.29, 0.717) is 0 Å². The highest BCUT2D eigenvalue weighted by molar-refractivity contribution is 5.61. The van der Waals surface area contributed by atoms with Gasteiger partial charge < -0.3 is 4.98 Å². The van der Waals surface area contributed by atoms with Crippen molar-refractivity contribution in [2.24, 2.45) is 0 Å². The number of imidazole rings is 1. The molecule has 4 nitrogen and oxygen atoms in total. The first kappa shape index (κ1) is 10.0. The van der Waals surface area contributed by atoms with Gasteiger partial charge in [0.2, 0.25) is 0 Å². The van der Waals surface area contributed by atoms with Crippen molar-refractivity contribution in [1.82, 2.24) is 15.0 Å². The Morgan fingerprint density at radius 3 is 2.88 bits per heavy atom. The minimum Gasteiger partial charge on any atom is -0.344 e. The summed E-state index contributed by atoms with van der Waals surface area (Å²) in [5, 5.41) is 9.16. The van der Waals surface area contributed by atoms with Crippen molar-refractivity contribution in [3.63, 3.8) is 0 Å². The van der Waals surface area contributed by atoms with E-state index in [1.54, 1.807) is 12.4 Å². The molecule has 1 saturated carbocycles. The molecule has 0 bridgehead atoms. The van der Waals surface area contributed by atoms with E-state index >= 15 is 0 Å². The lowest BCUT2D eigenvalue weighted by Crippen LogP contribution is -2.04. The summed E-state index contributed by atoms with van der Waals surface area (Å²) >= 11 is 0. The van der Waals surface area contributed by atoms with E-state index in [-0.39, 0.29) is 5.41 Å². The SMILES string of the molecule is Cc1[nH]c(C2(C#N)CC2)nc1-c1cccnc1. The van der Waals surface area contributed by atoms with Crippen molar-refractivity contribution in [3.05, 3.63) is 36.0 Å². The van der Waals surface area contributed by atoms with E-state index in [1.807, 2.05) is 19.1 Å². The third kappa shape index (κ3) is 1.51. The van der Waals surface area contributed by atoms with Gasteiger partial charge in [-0.05, 0) is 31.9 Å². The highest BCUT2D eigenvalue weighted by Gasteiger charge is 2.48. The number of H-pyrrole nitrogens is 1. The fourth-order valence-electron chi connectivity index (χ4n) is 2.00. The van der Waals surface area contributed by atoms with E-state index in [1.165, 1.54) is 0 Å². The lowest BCUT2D eigenvalue weighted by molar-refractivity contribution is 0.818. The summed E-state index contributed by atoms with van der Waals surface area (Å²) in [6.45, 7) is 1.98. The van der Waals surface area contributed by atoms with Gasteiger partial charge >= 0.3 is 0 Å². The molecule has 1 fully saturated rings. The molecule has 2 aromatic rings. The number of hydrogen-bond donors (Lipinski definition) is 1. The van der Waals surface area contributed by atoms with Crippen LogP contribution >= 0.6 is 0 Å². The van der Waals surface area contributed by atoms with Crippen LogP contribution in [0.4, 0.5) is 0 Å². The summed E-state index contributed by atoms with van der Waals surface area (Å²) < 4.78 is 0. The Morgan fingerprint density at radius 2 is 2.29 bits per heavy atom. The Labute approximate surface area is 99.3 Å². The number of aromatic amines is 1. The minimum atomic E-state index is -0.356. The van der Waals surface area contributed by atoms with Crippen molar-refractivity contribution in [2.75, 3.05) is 0 Å². The number of nitrogens with zero attached hydrogens (tertiary/aromatic N) is 3. The Bertz CT molecular complexity index is 588. The molecule has 0 radical (unpaired) electrons. The summed E-state index contributed by atoms with van der Waals surface area (Å²) in [6, 6.07) is 6.22. The molecule has 1 N–H and O–H groups in total. The van der Waals surface area contributed by atoms with Crippen LogP contribution in [0, 0.1) is 18.3 Å². The fourth-order valence-corrected chi connectivity index (χ4v) is 2.00. The molecular weight excluding hydrogens is 212 g/mol. The molecule has 0 atom stereocenters. The molecule has 3 rings (SSSR count). The largest absolute Gasteiger partial charge is 0.344 e. The van der Waals surface area contributed by atoms with E-state index < -0.39 is 0 Å². The monoisotopic (exact) mass is 224 g/mol. The second kappa shape index (κ2) is 3.42.